The molecule has 2 aliphatic rings. The number of aliphatic hydroxyl groups is 6. The van der Waals surface area contributed by atoms with E-state index >= 15 is 0 Å². The van der Waals surface area contributed by atoms with Crippen LogP contribution in [0.5, 0.6) is 0 Å². The van der Waals surface area contributed by atoms with Crippen LogP contribution in [0.25, 0.3) is 0 Å². The van der Waals surface area contributed by atoms with Gasteiger partial charge in [-0.05, 0) is 13.8 Å². The highest BCUT2D eigenvalue weighted by Gasteiger charge is 2.54. The maximum Gasteiger partial charge on any atom is 0.228 e. The minimum absolute atomic E-state index is 0.540. The summed E-state index contributed by atoms with van der Waals surface area (Å²) in [6, 6.07) is 0. The summed E-state index contributed by atoms with van der Waals surface area (Å²) in [5, 5.41) is 57.5. The SMILES string of the molecule is C[C@H]1O[C@H](OO[C@]2(C)O[C@H](CO)[C@@H](O)[C@@H]2O)[C@H](O)[C@@H](O)[C@@H]1O. The zero-order chi connectivity index (χ0) is 16.7. The first kappa shape index (κ1) is 17.9. The Morgan fingerprint density at radius 2 is 1.64 bits per heavy atom. The summed E-state index contributed by atoms with van der Waals surface area (Å²) < 4.78 is 10.3. The molecule has 22 heavy (non-hydrogen) atoms. The Morgan fingerprint density at radius 1 is 1.00 bits per heavy atom. The molecule has 2 fully saturated rings. The molecule has 10 heteroatoms. The molecule has 0 aromatic rings. The van der Waals surface area contributed by atoms with Crippen molar-refractivity contribution in [2.45, 2.75) is 68.7 Å². The minimum atomic E-state index is -1.81. The predicted molar refractivity (Wildman–Crippen MR) is 66.9 cm³/mol. The van der Waals surface area contributed by atoms with Crippen LogP contribution < -0.4 is 0 Å². The Morgan fingerprint density at radius 3 is 2.18 bits per heavy atom. The Hall–Kier alpha value is -0.400. The highest BCUT2D eigenvalue weighted by molar-refractivity contribution is 4.93. The third-order valence-electron chi connectivity index (χ3n) is 3.92. The average molecular weight is 326 g/mol. The van der Waals surface area contributed by atoms with Crippen LogP contribution in [-0.2, 0) is 19.2 Å². The fraction of sp³-hybridized carbons (Fsp3) is 1.00. The van der Waals surface area contributed by atoms with Gasteiger partial charge in [0.1, 0.15) is 36.6 Å². The lowest BCUT2D eigenvalue weighted by molar-refractivity contribution is -0.495. The second kappa shape index (κ2) is 6.61. The van der Waals surface area contributed by atoms with Crippen molar-refractivity contribution >= 4 is 0 Å². The van der Waals surface area contributed by atoms with Gasteiger partial charge < -0.3 is 40.1 Å². The Labute approximate surface area is 126 Å². The quantitative estimate of drug-likeness (QED) is 0.227. The number of hydrogen-bond donors (Lipinski definition) is 6. The normalized spacial score (nSPS) is 52.9. The molecule has 0 spiro atoms. The van der Waals surface area contributed by atoms with Gasteiger partial charge in [0.05, 0.1) is 12.7 Å². The van der Waals surface area contributed by atoms with Crippen molar-refractivity contribution in [1.82, 2.24) is 0 Å². The second-order valence-electron chi connectivity index (χ2n) is 5.65. The van der Waals surface area contributed by atoms with Gasteiger partial charge >= 0.3 is 0 Å². The predicted octanol–water partition coefficient (Wildman–Crippen LogP) is -3.41. The molecule has 0 radical (unpaired) electrons. The molecule has 10 nitrogen and oxygen atoms in total. The van der Waals surface area contributed by atoms with Crippen molar-refractivity contribution in [2.24, 2.45) is 0 Å². The van der Waals surface area contributed by atoms with Gasteiger partial charge in [-0.1, -0.05) is 0 Å². The lowest BCUT2D eigenvalue weighted by Gasteiger charge is -2.39. The third kappa shape index (κ3) is 3.12. The van der Waals surface area contributed by atoms with Crippen LogP contribution >= 0.6 is 0 Å². The van der Waals surface area contributed by atoms with E-state index in [0.29, 0.717) is 0 Å². The summed E-state index contributed by atoms with van der Waals surface area (Å²) in [5.41, 5.74) is 0. The largest absolute Gasteiger partial charge is 0.394 e. The maximum atomic E-state index is 9.88. The summed E-state index contributed by atoms with van der Waals surface area (Å²) in [6.07, 6.45) is -10.6. The fourth-order valence-electron chi connectivity index (χ4n) is 2.40. The highest BCUT2D eigenvalue weighted by atomic mass is 17.3. The monoisotopic (exact) mass is 326 g/mol. The first-order chi connectivity index (χ1) is 10.2. The van der Waals surface area contributed by atoms with Crippen molar-refractivity contribution in [3.8, 4) is 0 Å². The van der Waals surface area contributed by atoms with Gasteiger partial charge in [0, 0.05) is 0 Å². The molecule has 0 aliphatic carbocycles. The van der Waals surface area contributed by atoms with E-state index in [1.807, 2.05) is 0 Å². The van der Waals surface area contributed by atoms with Crippen LogP contribution in [0.3, 0.4) is 0 Å². The van der Waals surface area contributed by atoms with Gasteiger partial charge in [0.25, 0.3) is 0 Å². The van der Waals surface area contributed by atoms with Gasteiger partial charge in [0.15, 0.2) is 0 Å². The number of ether oxygens (including phenoxy) is 2. The fourth-order valence-corrected chi connectivity index (χ4v) is 2.40. The van der Waals surface area contributed by atoms with Crippen molar-refractivity contribution in [2.75, 3.05) is 6.61 Å². The molecular formula is C12H22O10. The lowest BCUT2D eigenvalue weighted by Crippen LogP contribution is -2.58. The molecule has 0 bridgehead atoms. The van der Waals surface area contributed by atoms with E-state index in [4.69, 9.17) is 24.4 Å². The van der Waals surface area contributed by atoms with Gasteiger partial charge in [-0.3, -0.25) is 0 Å². The maximum absolute atomic E-state index is 9.88. The van der Waals surface area contributed by atoms with Crippen LogP contribution in [0.15, 0.2) is 0 Å². The Kier molecular flexibility index (Phi) is 5.39. The molecule has 0 unspecified atom stereocenters. The number of rotatable bonds is 4. The Bertz CT molecular complexity index is 381. The molecule has 9 atom stereocenters. The summed E-state index contributed by atoms with van der Waals surface area (Å²) in [4.78, 5) is 9.79. The molecule has 0 amide bonds. The molecule has 6 N–H and O–H groups in total. The Balaban J connectivity index is 1.97. The van der Waals surface area contributed by atoms with Crippen molar-refractivity contribution in [1.29, 1.82) is 0 Å². The molecule has 130 valence electrons. The molecule has 2 rings (SSSR count). The summed E-state index contributed by atoms with van der Waals surface area (Å²) >= 11 is 0. The van der Waals surface area contributed by atoms with Crippen LogP contribution in [0.2, 0.25) is 0 Å². The summed E-state index contributed by atoms with van der Waals surface area (Å²) in [7, 11) is 0. The molecular weight excluding hydrogens is 304 g/mol. The molecule has 0 saturated carbocycles. The number of hydrogen-bond acceptors (Lipinski definition) is 10. The van der Waals surface area contributed by atoms with Crippen molar-refractivity contribution < 1.29 is 49.9 Å². The van der Waals surface area contributed by atoms with E-state index in [2.05, 4.69) is 0 Å². The van der Waals surface area contributed by atoms with Crippen LogP contribution in [0, 0.1) is 0 Å². The highest BCUT2D eigenvalue weighted by Crippen LogP contribution is 2.33. The summed E-state index contributed by atoms with van der Waals surface area (Å²) in [6.45, 7) is 2.19. The molecule has 2 saturated heterocycles. The van der Waals surface area contributed by atoms with E-state index < -0.39 is 61.4 Å². The number of aliphatic hydroxyl groups excluding tert-OH is 6. The van der Waals surface area contributed by atoms with Crippen LogP contribution in [0.1, 0.15) is 13.8 Å². The van der Waals surface area contributed by atoms with Gasteiger partial charge in [0.2, 0.25) is 12.1 Å². The van der Waals surface area contributed by atoms with E-state index in [9.17, 15) is 25.5 Å². The zero-order valence-corrected chi connectivity index (χ0v) is 12.1. The van der Waals surface area contributed by atoms with E-state index in [1.54, 1.807) is 0 Å². The van der Waals surface area contributed by atoms with Crippen molar-refractivity contribution in [3.63, 3.8) is 0 Å². The van der Waals surface area contributed by atoms with Gasteiger partial charge in [-0.2, -0.15) is 9.78 Å². The van der Waals surface area contributed by atoms with E-state index in [-0.39, 0.29) is 0 Å². The molecule has 2 heterocycles. The third-order valence-corrected chi connectivity index (χ3v) is 3.92. The van der Waals surface area contributed by atoms with Crippen LogP contribution in [-0.4, -0.2) is 92.1 Å². The van der Waals surface area contributed by atoms with E-state index in [0.717, 1.165) is 0 Å². The van der Waals surface area contributed by atoms with Gasteiger partial charge in [-0.15, -0.1) is 0 Å². The van der Waals surface area contributed by atoms with E-state index in [1.165, 1.54) is 13.8 Å². The average Bonchev–Trinajstić information content (AvgIpc) is 2.72. The molecule has 2 aliphatic heterocycles. The zero-order valence-electron chi connectivity index (χ0n) is 12.1. The molecule has 0 aromatic carbocycles. The van der Waals surface area contributed by atoms with Crippen molar-refractivity contribution in [3.05, 3.63) is 0 Å². The topological polar surface area (TPSA) is 158 Å². The standard InChI is InChI=1S/C12H22O10/c1-4-6(14)8(16)9(17)11(19-4)21-22-12(2)10(18)7(15)5(3-13)20-12/h4-11,13-18H,3H2,1-2H3/t4-,5-,6-,7-,8+,9-,10+,11-,12+/m1/s1. The summed E-state index contributed by atoms with van der Waals surface area (Å²) in [5.74, 6) is -1.81. The van der Waals surface area contributed by atoms with Crippen LogP contribution in [0.4, 0.5) is 0 Å². The smallest absolute Gasteiger partial charge is 0.228 e. The second-order valence-corrected chi connectivity index (χ2v) is 5.65. The molecule has 0 aromatic heterocycles. The lowest BCUT2D eigenvalue weighted by atomic mass is 10.0. The first-order valence-electron chi connectivity index (χ1n) is 6.90. The minimum Gasteiger partial charge on any atom is -0.394 e. The first-order valence-corrected chi connectivity index (χ1v) is 6.90. The van der Waals surface area contributed by atoms with Gasteiger partial charge in [-0.25, -0.2) is 0 Å².